The summed E-state index contributed by atoms with van der Waals surface area (Å²) in [5, 5.41) is 10.5. The van der Waals surface area contributed by atoms with Gasteiger partial charge in [0.15, 0.2) is 0 Å². The van der Waals surface area contributed by atoms with Crippen LogP contribution in [0.5, 0.6) is 0 Å². The number of hydrogen-bond acceptors (Lipinski definition) is 3. The van der Waals surface area contributed by atoms with Crippen molar-refractivity contribution in [2.45, 2.75) is 24.8 Å². The molecule has 0 aliphatic heterocycles. The van der Waals surface area contributed by atoms with Gasteiger partial charge in [-0.15, -0.1) is 0 Å². The number of nitro benzene ring substituents is 1. The zero-order chi connectivity index (χ0) is 11.9. The fourth-order valence-electron chi connectivity index (χ4n) is 1.95. The molecule has 1 aliphatic rings. The molecule has 0 spiro atoms. The van der Waals surface area contributed by atoms with E-state index in [1.54, 1.807) is 0 Å². The Morgan fingerprint density at radius 1 is 1.38 bits per heavy atom. The highest BCUT2D eigenvalue weighted by Crippen LogP contribution is 2.42. The van der Waals surface area contributed by atoms with Crippen molar-refractivity contribution >= 4 is 5.69 Å². The molecule has 1 aromatic rings. The lowest BCUT2D eigenvalue weighted by atomic mass is 9.72. The van der Waals surface area contributed by atoms with Gasteiger partial charge in [-0.05, 0) is 25.3 Å². The van der Waals surface area contributed by atoms with Crippen molar-refractivity contribution in [1.82, 2.24) is 0 Å². The van der Waals surface area contributed by atoms with Gasteiger partial charge in [0.05, 0.1) is 10.5 Å². The van der Waals surface area contributed by atoms with E-state index in [-0.39, 0.29) is 5.56 Å². The van der Waals surface area contributed by atoms with Crippen LogP contribution in [0, 0.1) is 21.7 Å². The number of hydrogen-bond donors (Lipinski definition) is 1. The largest absolute Gasteiger partial charge is 0.321 e. The van der Waals surface area contributed by atoms with Crippen LogP contribution in [0.4, 0.5) is 14.5 Å². The Balaban J connectivity index is 2.59. The lowest BCUT2D eigenvalue weighted by molar-refractivity contribution is -0.387. The summed E-state index contributed by atoms with van der Waals surface area (Å²) in [6, 6.07) is 1.71. The van der Waals surface area contributed by atoms with Crippen molar-refractivity contribution in [3.8, 4) is 0 Å². The van der Waals surface area contributed by atoms with Crippen LogP contribution in [-0.2, 0) is 5.54 Å². The second-order valence-electron chi connectivity index (χ2n) is 4.02. The molecule has 0 aromatic heterocycles. The van der Waals surface area contributed by atoms with Gasteiger partial charge in [0, 0.05) is 11.6 Å². The summed E-state index contributed by atoms with van der Waals surface area (Å²) in [5.41, 5.74) is 3.63. The highest BCUT2D eigenvalue weighted by Gasteiger charge is 2.41. The molecule has 2 N–H and O–H groups in total. The summed E-state index contributed by atoms with van der Waals surface area (Å²) >= 11 is 0. The molecule has 1 fully saturated rings. The average Bonchev–Trinajstić information content (AvgIpc) is 2.14. The van der Waals surface area contributed by atoms with E-state index in [9.17, 15) is 18.9 Å². The van der Waals surface area contributed by atoms with Gasteiger partial charge in [0.2, 0.25) is 5.82 Å². The smallest absolute Gasteiger partial charge is 0.305 e. The normalized spacial score (nSPS) is 17.9. The Bertz CT molecular complexity index is 458. The molecule has 6 heteroatoms. The molecular formula is C10H10F2N2O2. The maximum absolute atomic E-state index is 13.7. The highest BCUT2D eigenvalue weighted by atomic mass is 19.1. The van der Waals surface area contributed by atoms with Gasteiger partial charge >= 0.3 is 5.69 Å². The fourth-order valence-corrected chi connectivity index (χ4v) is 1.95. The first-order valence-electron chi connectivity index (χ1n) is 4.87. The zero-order valence-corrected chi connectivity index (χ0v) is 8.37. The van der Waals surface area contributed by atoms with E-state index in [0.717, 1.165) is 18.6 Å². The summed E-state index contributed by atoms with van der Waals surface area (Å²) in [7, 11) is 0. The van der Waals surface area contributed by atoms with Gasteiger partial charge < -0.3 is 5.73 Å². The number of nitrogens with two attached hydrogens (primary N) is 1. The van der Waals surface area contributed by atoms with Gasteiger partial charge in [-0.3, -0.25) is 10.1 Å². The van der Waals surface area contributed by atoms with Gasteiger partial charge in [0.25, 0.3) is 0 Å². The Morgan fingerprint density at radius 2 is 2.00 bits per heavy atom. The van der Waals surface area contributed by atoms with Crippen LogP contribution in [0.15, 0.2) is 12.1 Å². The molecule has 0 unspecified atom stereocenters. The van der Waals surface area contributed by atoms with E-state index in [0.29, 0.717) is 12.8 Å². The SMILES string of the molecule is NC1(c2c(F)ccc([N+](=O)[O-])c2F)CCC1. The first-order chi connectivity index (χ1) is 7.46. The lowest BCUT2D eigenvalue weighted by Crippen LogP contribution is -2.45. The lowest BCUT2D eigenvalue weighted by Gasteiger charge is -2.38. The molecule has 0 heterocycles. The minimum absolute atomic E-state index is 0.354. The second-order valence-corrected chi connectivity index (χ2v) is 4.02. The molecule has 0 saturated heterocycles. The van der Waals surface area contributed by atoms with Crippen LogP contribution < -0.4 is 5.73 Å². The summed E-state index contributed by atoms with van der Waals surface area (Å²) in [6.07, 6.45) is 1.67. The second kappa shape index (κ2) is 3.48. The Morgan fingerprint density at radius 3 is 2.44 bits per heavy atom. The van der Waals surface area contributed by atoms with Crippen LogP contribution in [0.25, 0.3) is 0 Å². The van der Waals surface area contributed by atoms with Crippen LogP contribution in [0.2, 0.25) is 0 Å². The maximum Gasteiger partial charge on any atom is 0.305 e. The first-order valence-corrected chi connectivity index (χ1v) is 4.87. The topological polar surface area (TPSA) is 69.2 Å². The number of benzene rings is 1. The summed E-state index contributed by atoms with van der Waals surface area (Å²) in [4.78, 5) is 9.65. The van der Waals surface area contributed by atoms with E-state index in [2.05, 4.69) is 0 Å². The number of rotatable bonds is 2. The Labute approximate surface area is 90.2 Å². The molecule has 0 atom stereocenters. The molecule has 86 valence electrons. The maximum atomic E-state index is 13.7. The van der Waals surface area contributed by atoms with Gasteiger partial charge in [-0.1, -0.05) is 0 Å². The van der Waals surface area contributed by atoms with Crippen LogP contribution in [0.3, 0.4) is 0 Å². The van der Waals surface area contributed by atoms with E-state index < -0.39 is 27.8 Å². The standard InChI is InChI=1S/C10H10F2N2O2/c11-6-2-3-7(14(15)16)9(12)8(6)10(13)4-1-5-10/h2-3H,1,4-5,13H2. The predicted molar refractivity (Wildman–Crippen MR) is 52.7 cm³/mol. The van der Waals surface area contributed by atoms with Crippen LogP contribution in [0.1, 0.15) is 24.8 Å². The summed E-state index contributed by atoms with van der Waals surface area (Å²) in [5.74, 6) is -1.96. The molecule has 1 aliphatic carbocycles. The van der Waals surface area contributed by atoms with E-state index in [1.165, 1.54) is 0 Å². The van der Waals surface area contributed by atoms with E-state index in [1.807, 2.05) is 0 Å². The quantitative estimate of drug-likeness (QED) is 0.623. The zero-order valence-electron chi connectivity index (χ0n) is 8.37. The Kier molecular flexibility index (Phi) is 2.38. The molecular weight excluding hydrogens is 218 g/mol. The van der Waals surface area contributed by atoms with Gasteiger partial charge in [-0.2, -0.15) is 4.39 Å². The van der Waals surface area contributed by atoms with E-state index in [4.69, 9.17) is 5.73 Å². The molecule has 0 amide bonds. The van der Waals surface area contributed by atoms with Crippen molar-refractivity contribution in [2.24, 2.45) is 5.73 Å². The third-order valence-corrected chi connectivity index (χ3v) is 3.01. The predicted octanol–water partition coefficient (Wildman–Crippen LogP) is 2.21. The van der Waals surface area contributed by atoms with Crippen molar-refractivity contribution in [1.29, 1.82) is 0 Å². The monoisotopic (exact) mass is 228 g/mol. The van der Waals surface area contributed by atoms with Crippen LogP contribution >= 0.6 is 0 Å². The molecule has 4 nitrogen and oxygen atoms in total. The number of nitro groups is 1. The van der Waals surface area contributed by atoms with Crippen molar-refractivity contribution < 1.29 is 13.7 Å². The highest BCUT2D eigenvalue weighted by molar-refractivity contribution is 5.42. The minimum atomic E-state index is -1.15. The van der Waals surface area contributed by atoms with Crippen molar-refractivity contribution in [2.75, 3.05) is 0 Å². The molecule has 16 heavy (non-hydrogen) atoms. The fraction of sp³-hybridized carbons (Fsp3) is 0.400. The number of halogens is 2. The molecule has 0 bridgehead atoms. The molecule has 0 radical (unpaired) electrons. The Hall–Kier alpha value is -1.56. The third-order valence-electron chi connectivity index (χ3n) is 3.01. The van der Waals surface area contributed by atoms with Gasteiger partial charge in [0.1, 0.15) is 5.82 Å². The van der Waals surface area contributed by atoms with Crippen LogP contribution in [-0.4, -0.2) is 4.92 Å². The third kappa shape index (κ3) is 1.46. The molecule has 1 aromatic carbocycles. The molecule has 1 saturated carbocycles. The van der Waals surface area contributed by atoms with E-state index >= 15 is 0 Å². The minimum Gasteiger partial charge on any atom is -0.321 e. The number of nitrogens with zero attached hydrogens (tertiary/aromatic N) is 1. The first kappa shape index (κ1) is 10.9. The summed E-state index contributed by atoms with van der Waals surface area (Å²) in [6.45, 7) is 0. The average molecular weight is 228 g/mol. The molecule has 2 rings (SSSR count). The van der Waals surface area contributed by atoms with Crippen molar-refractivity contribution in [3.63, 3.8) is 0 Å². The summed E-state index contributed by atoms with van der Waals surface area (Å²) < 4.78 is 27.2. The van der Waals surface area contributed by atoms with Crippen molar-refractivity contribution in [3.05, 3.63) is 39.4 Å². The van der Waals surface area contributed by atoms with Gasteiger partial charge in [-0.25, -0.2) is 4.39 Å².